The predicted molar refractivity (Wildman–Crippen MR) is 132 cm³/mol. The van der Waals surface area contributed by atoms with Crippen molar-refractivity contribution in [2.24, 2.45) is 5.92 Å². The van der Waals surface area contributed by atoms with E-state index in [1.54, 1.807) is 6.07 Å². The number of piperidine rings is 1. The summed E-state index contributed by atoms with van der Waals surface area (Å²) in [5.74, 6) is 0.857. The first-order valence-corrected chi connectivity index (χ1v) is 13.2. The Morgan fingerprint density at radius 2 is 1.97 bits per heavy atom. The van der Waals surface area contributed by atoms with Crippen molar-refractivity contribution in [3.8, 4) is 17.4 Å². The van der Waals surface area contributed by atoms with Gasteiger partial charge in [0.2, 0.25) is 10.0 Å². The summed E-state index contributed by atoms with van der Waals surface area (Å²) in [6.45, 7) is 5.44. The van der Waals surface area contributed by atoms with Crippen molar-refractivity contribution in [3.63, 3.8) is 0 Å². The van der Waals surface area contributed by atoms with Crippen molar-refractivity contribution in [3.05, 3.63) is 54.1 Å². The third kappa shape index (κ3) is 4.71. The maximum Gasteiger partial charge on any atom is 0.322 e. The normalized spacial score (nSPS) is 16.8. The van der Waals surface area contributed by atoms with Crippen molar-refractivity contribution >= 4 is 32.9 Å². The zero-order valence-corrected chi connectivity index (χ0v) is 20.7. The standard InChI is InChI=1S/C25H26N4O6S/c1-3-33-20-8-4-7-18-14-21(34-22(18)20)24-27-28-25(35-24)26-23(30)17-9-11-19(12-10-17)36(31,32)29-13-5-6-16(2)15-29/h4,7-12,14,16H,3,5-6,13,15H2,1-2H3,(H,26,28,30). The van der Waals surface area contributed by atoms with Crippen LogP contribution < -0.4 is 10.1 Å². The summed E-state index contributed by atoms with van der Waals surface area (Å²) in [7, 11) is -3.60. The lowest BCUT2D eigenvalue weighted by Gasteiger charge is -2.30. The number of nitrogens with zero attached hydrogens (tertiary/aromatic N) is 3. The highest BCUT2D eigenvalue weighted by molar-refractivity contribution is 7.89. The second kappa shape index (κ2) is 9.75. The summed E-state index contributed by atoms with van der Waals surface area (Å²) in [6, 6.07) is 13.0. The van der Waals surface area contributed by atoms with Gasteiger partial charge in [0.1, 0.15) is 0 Å². The molecule has 1 atom stereocenters. The van der Waals surface area contributed by atoms with Crippen molar-refractivity contribution in [1.82, 2.24) is 14.5 Å². The minimum Gasteiger partial charge on any atom is -0.490 e. The summed E-state index contributed by atoms with van der Waals surface area (Å²) in [4.78, 5) is 12.8. The molecule has 0 aliphatic carbocycles. The molecular weight excluding hydrogens is 484 g/mol. The molecule has 1 unspecified atom stereocenters. The number of carbonyl (C=O) groups excluding carboxylic acids is 1. The van der Waals surface area contributed by atoms with Gasteiger partial charge >= 0.3 is 6.01 Å². The minimum atomic E-state index is -3.60. The number of carbonyl (C=O) groups is 1. The summed E-state index contributed by atoms with van der Waals surface area (Å²) in [6.07, 6.45) is 1.86. The van der Waals surface area contributed by atoms with E-state index in [4.69, 9.17) is 13.6 Å². The molecule has 4 aromatic rings. The van der Waals surface area contributed by atoms with Crippen LogP contribution in [0.3, 0.4) is 0 Å². The van der Waals surface area contributed by atoms with Crippen LogP contribution >= 0.6 is 0 Å². The molecule has 1 N–H and O–H groups in total. The van der Waals surface area contributed by atoms with Gasteiger partial charge in [-0.2, -0.15) is 4.31 Å². The number of anilines is 1. The van der Waals surface area contributed by atoms with Crippen LogP contribution in [0.4, 0.5) is 6.01 Å². The molecule has 1 amide bonds. The Bertz CT molecular complexity index is 1490. The molecule has 5 rings (SSSR count). The summed E-state index contributed by atoms with van der Waals surface area (Å²) in [5, 5.41) is 11.2. The fourth-order valence-corrected chi connectivity index (χ4v) is 5.84. The zero-order valence-electron chi connectivity index (χ0n) is 19.9. The van der Waals surface area contributed by atoms with E-state index in [2.05, 4.69) is 15.5 Å². The van der Waals surface area contributed by atoms with Crippen molar-refractivity contribution in [2.75, 3.05) is 25.0 Å². The van der Waals surface area contributed by atoms with Crippen LogP contribution in [0.1, 0.15) is 37.0 Å². The first-order valence-electron chi connectivity index (χ1n) is 11.8. The van der Waals surface area contributed by atoms with Gasteiger partial charge in [0.25, 0.3) is 11.8 Å². The second-order valence-electron chi connectivity index (χ2n) is 8.72. The Labute approximate surface area is 208 Å². The Morgan fingerprint density at radius 3 is 2.72 bits per heavy atom. The average molecular weight is 511 g/mol. The van der Waals surface area contributed by atoms with Crippen LogP contribution in [0.5, 0.6) is 5.75 Å². The SMILES string of the molecule is CCOc1cccc2cc(-c3nnc(NC(=O)c4ccc(S(=O)(=O)N5CCCC(C)C5)cc4)o3)oc12. The molecule has 3 heterocycles. The zero-order chi connectivity index (χ0) is 25.3. The summed E-state index contributed by atoms with van der Waals surface area (Å²) >= 11 is 0. The molecule has 2 aromatic carbocycles. The lowest BCUT2D eigenvalue weighted by molar-refractivity contribution is 0.102. The molecule has 36 heavy (non-hydrogen) atoms. The fourth-order valence-electron chi connectivity index (χ4n) is 4.25. The molecule has 1 aliphatic rings. The molecule has 10 nitrogen and oxygen atoms in total. The molecular formula is C25H26N4O6S. The highest BCUT2D eigenvalue weighted by Gasteiger charge is 2.28. The molecule has 1 fully saturated rings. The molecule has 0 bridgehead atoms. The van der Waals surface area contributed by atoms with Crippen molar-refractivity contribution in [1.29, 1.82) is 0 Å². The van der Waals surface area contributed by atoms with E-state index < -0.39 is 15.9 Å². The van der Waals surface area contributed by atoms with Gasteiger partial charge in [-0.1, -0.05) is 24.2 Å². The molecule has 1 saturated heterocycles. The Morgan fingerprint density at radius 1 is 1.17 bits per heavy atom. The lowest BCUT2D eigenvalue weighted by Crippen LogP contribution is -2.39. The quantitative estimate of drug-likeness (QED) is 0.383. The van der Waals surface area contributed by atoms with E-state index in [0.717, 1.165) is 18.2 Å². The van der Waals surface area contributed by atoms with E-state index in [-0.39, 0.29) is 22.4 Å². The highest BCUT2D eigenvalue weighted by Crippen LogP contribution is 2.33. The highest BCUT2D eigenvalue weighted by atomic mass is 32.2. The Balaban J connectivity index is 1.29. The van der Waals surface area contributed by atoms with Gasteiger partial charge in [-0.05, 0) is 62.1 Å². The van der Waals surface area contributed by atoms with Gasteiger partial charge in [-0.15, -0.1) is 5.10 Å². The third-order valence-electron chi connectivity index (χ3n) is 6.04. The lowest BCUT2D eigenvalue weighted by atomic mass is 10.0. The number of nitrogens with one attached hydrogen (secondary N) is 1. The number of para-hydroxylation sites is 1. The number of ether oxygens (including phenoxy) is 1. The predicted octanol–water partition coefficient (Wildman–Crippen LogP) is 4.55. The molecule has 0 saturated carbocycles. The number of benzene rings is 2. The van der Waals surface area contributed by atoms with Crippen LogP contribution in [-0.4, -0.2) is 48.5 Å². The maximum atomic E-state index is 12.9. The van der Waals surface area contributed by atoms with Gasteiger partial charge in [0, 0.05) is 24.0 Å². The Hall–Kier alpha value is -3.70. The number of rotatable bonds is 7. The second-order valence-corrected chi connectivity index (χ2v) is 10.7. The van der Waals surface area contributed by atoms with Gasteiger partial charge in [-0.3, -0.25) is 10.1 Å². The monoisotopic (exact) mass is 510 g/mol. The molecule has 0 spiro atoms. The molecule has 0 radical (unpaired) electrons. The van der Waals surface area contributed by atoms with E-state index in [1.807, 2.05) is 32.0 Å². The van der Waals surface area contributed by atoms with Crippen LogP contribution in [0.15, 0.2) is 62.3 Å². The first kappa shape index (κ1) is 24.0. The topological polar surface area (TPSA) is 128 Å². The third-order valence-corrected chi connectivity index (χ3v) is 7.92. The smallest absolute Gasteiger partial charge is 0.322 e. The van der Waals surface area contributed by atoms with Crippen LogP contribution in [-0.2, 0) is 10.0 Å². The van der Waals surface area contributed by atoms with E-state index in [1.165, 1.54) is 28.6 Å². The molecule has 11 heteroatoms. The van der Waals surface area contributed by atoms with Gasteiger partial charge in [0.05, 0.1) is 11.5 Å². The van der Waals surface area contributed by atoms with E-state index in [0.29, 0.717) is 42.7 Å². The van der Waals surface area contributed by atoms with E-state index >= 15 is 0 Å². The van der Waals surface area contributed by atoms with Gasteiger partial charge in [0.15, 0.2) is 17.1 Å². The number of furan rings is 1. The minimum absolute atomic E-state index is 0.0983. The van der Waals surface area contributed by atoms with Crippen LogP contribution in [0, 0.1) is 5.92 Å². The largest absolute Gasteiger partial charge is 0.490 e. The first-order chi connectivity index (χ1) is 17.3. The van der Waals surface area contributed by atoms with Gasteiger partial charge in [-0.25, -0.2) is 8.42 Å². The van der Waals surface area contributed by atoms with Gasteiger partial charge < -0.3 is 13.6 Å². The Kier molecular flexibility index (Phi) is 6.50. The average Bonchev–Trinajstić information content (AvgIpc) is 3.52. The number of amides is 1. The number of hydrogen-bond donors (Lipinski definition) is 1. The summed E-state index contributed by atoms with van der Waals surface area (Å²) in [5.41, 5.74) is 0.818. The molecule has 1 aliphatic heterocycles. The molecule has 188 valence electrons. The van der Waals surface area contributed by atoms with Crippen molar-refractivity contribution < 1.29 is 26.8 Å². The number of fused-ring (bicyclic) bond motifs is 1. The molecule has 2 aromatic heterocycles. The number of hydrogen-bond acceptors (Lipinski definition) is 8. The van der Waals surface area contributed by atoms with Crippen molar-refractivity contribution in [2.45, 2.75) is 31.6 Å². The van der Waals surface area contributed by atoms with Crippen LogP contribution in [0.25, 0.3) is 22.6 Å². The van der Waals surface area contributed by atoms with E-state index in [9.17, 15) is 13.2 Å². The number of sulfonamides is 1. The summed E-state index contributed by atoms with van der Waals surface area (Å²) < 4.78 is 44.4. The fraction of sp³-hybridized carbons (Fsp3) is 0.320. The maximum absolute atomic E-state index is 12.9. The van der Waals surface area contributed by atoms with Crippen LogP contribution in [0.2, 0.25) is 0 Å². The number of aromatic nitrogens is 2.